The van der Waals surface area contributed by atoms with Crippen molar-refractivity contribution in [1.82, 2.24) is 0 Å². The first kappa shape index (κ1) is 14.6. The standard InChI is InChI=1S/C13H5I3O4/c14-6-5-7(15)11-12(10(6)16)18-8-3-1-2-4-9(8)19-13(17)20-11/h1-5H. The van der Waals surface area contributed by atoms with Crippen LogP contribution in [0.15, 0.2) is 48.4 Å². The second kappa shape index (κ2) is 5.83. The Labute approximate surface area is 153 Å². The molecule has 3 rings (SSSR count). The van der Waals surface area contributed by atoms with Gasteiger partial charge in [0.2, 0.25) is 0 Å². The van der Waals surface area contributed by atoms with Crippen LogP contribution in [0.2, 0.25) is 0 Å². The molecule has 0 saturated heterocycles. The second-order valence-corrected chi connectivity index (χ2v) is 7.22. The molecule has 0 spiro atoms. The Morgan fingerprint density at radius 3 is 2.15 bits per heavy atom. The van der Waals surface area contributed by atoms with Gasteiger partial charge in [0.05, 0.1) is 7.14 Å². The molecule has 1 aromatic heterocycles. The van der Waals surface area contributed by atoms with Crippen LogP contribution in [0.1, 0.15) is 0 Å². The largest absolute Gasteiger partial charge is 0.519 e. The summed E-state index contributed by atoms with van der Waals surface area (Å²) < 4.78 is 19.0. The fourth-order valence-corrected chi connectivity index (χ4v) is 4.00. The molecule has 0 amide bonds. The second-order valence-electron chi connectivity index (χ2n) is 3.82. The van der Waals surface area contributed by atoms with E-state index < -0.39 is 5.82 Å². The zero-order valence-electron chi connectivity index (χ0n) is 9.65. The first-order chi connectivity index (χ1) is 9.56. The van der Waals surface area contributed by atoms with Gasteiger partial charge in [-0.05, 0) is 86.0 Å². The summed E-state index contributed by atoms with van der Waals surface area (Å²) in [5.41, 5.74) is 1.75. The van der Waals surface area contributed by atoms with E-state index in [-0.39, 0.29) is 0 Å². The van der Waals surface area contributed by atoms with Crippen LogP contribution in [0.3, 0.4) is 0 Å². The number of rotatable bonds is 0. The van der Waals surface area contributed by atoms with E-state index in [9.17, 15) is 4.79 Å². The minimum Gasteiger partial charge on any atom is -0.448 e. The molecule has 0 saturated carbocycles. The van der Waals surface area contributed by atoms with Crippen molar-refractivity contribution in [2.45, 2.75) is 0 Å². The zero-order valence-corrected chi connectivity index (χ0v) is 16.1. The van der Waals surface area contributed by atoms with Crippen LogP contribution in [-0.4, -0.2) is 0 Å². The summed E-state index contributed by atoms with van der Waals surface area (Å²) in [5, 5.41) is 0. The Morgan fingerprint density at radius 1 is 0.800 bits per heavy atom. The van der Waals surface area contributed by atoms with Gasteiger partial charge in [-0.3, -0.25) is 0 Å². The molecular weight excluding hydrogens is 601 g/mol. The molecule has 0 aliphatic heterocycles. The minimum absolute atomic E-state index is 0.341. The lowest BCUT2D eigenvalue weighted by atomic mass is 10.3. The van der Waals surface area contributed by atoms with Crippen molar-refractivity contribution >= 4 is 90.1 Å². The molecule has 0 bridgehead atoms. The third-order valence-electron chi connectivity index (χ3n) is 2.53. The van der Waals surface area contributed by atoms with Gasteiger partial charge in [0.15, 0.2) is 22.3 Å². The maximum Gasteiger partial charge on any atom is 0.519 e. The maximum absolute atomic E-state index is 11.8. The van der Waals surface area contributed by atoms with E-state index in [1.54, 1.807) is 18.2 Å². The monoisotopic (exact) mass is 606 g/mol. The first-order valence-electron chi connectivity index (χ1n) is 5.40. The molecular formula is C13H5I3O4. The minimum atomic E-state index is -0.767. The van der Waals surface area contributed by atoms with E-state index in [1.165, 1.54) is 0 Å². The SMILES string of the molecule is O=c1oc2ccccc2oc2c(I)c(I)cc(I)c2o1. The topological polar surface area (TPSA) is 56.5 Å². The van der Waals surface area contributed by atoms with E-state index in [1.807, 2.05) is 12.1 Å². The van der Waals surface area contributed by atoms with E-state index in [2.05, 4.69) is 67.8 Å². The van der Waals surface area contributed by atoms with Crippen LogP contribution in [0.25, 0.3) is 22.3 Å². The molecule has 0 aliphatic rings. The molecule has 0 radical (unpaired) electrons. The van der Waals surface area contributed by atoms with Gasteiger partial charge < -0.3 is 13.3 Å². The predicted octanol–water partition coefficient (Wildman–Crippen LogP) is 5.07. The molecule has 2 aromatic carbocycles. The van der Waals surface area contributed by atoms with Crippen LogP contribution >= 0.6 is 67.8 Å². The average Bonchev–Trinajstić information content (AvgIpc) is 2.39. The van der Waals surface area contributed by atoms with Gasteiger partial charge in [0.1, 0.15) is 0 Å². The van der Waals surface area contributed by atoms with Crippen LogP contribution in [-0.2, 0) is 0 Å². The molecule has 4 nitrogen and oxygen atoms in total. The van der Waals surface area contributed by atoms with Gasteiger partial charge in [-0.2, -0.15) is 0 Å². The molecule has 3 aromatic rings. The first-order valence-corrected chi connectivity index (χ1v) is 8.64. The Balaban J connectivity index is 2.66. The highest BCUT2D eigenvalue weighted by Crippen LogP contribution is 2.29. The normalized spacial score (nSPS) is 10.9. The molecule has 102 valence electrons. The number of hydrogen-bond acceptors (Lipinski definition) is 4. The van der Waals surface area contributed by atoms with Gasteiger partial charge in [-0.25, -0.2) is 4.79 Å². The highest BCUT2D eigenvalue weighted by molar-refractivity contribution is 14.1. The Hall–Kier alpha value is -0.300. The van der Waals surface area contributed by atoms with Crippen molar-refractivity contribution in [2.24, 2.45) is 0 Å². The summed E-state index contributed by atoms with van der Waals surface area (Å²) in [5.74, 6) is -0.767. The van der Waals surface area contributed by atoms with E-state index in [0.29, 0.717) is 22.3 Å². The van der Waals surface area contributed by atoms with Crippen molar-refractivity contribution in [3.63, 3.8) is 0 Å². The Kier molecular flexibility index (Phi) is 4.26. The fourth-order valence-electron chi connectivity index (χ4n) is 1.67. The number of para-hydroxylation sites is 2. The third-order valence-corrected chi connectivity index (χ3v) is 6.28. The van der Waals surface area contributed by atoms with E-state index >= 15 is 0 Å². The maximum atomic E-state index is 11.8. The zero-order chi connectivity index (χ0) is 14.3. The Bertz CT molecular complexity index is 918. The quantitative estimate of drug-likeness (QED) is 0.265. The molecule has 0 fully saturated rings. The van der Waals surface area contributed by atoms with Gasteiger partial charge in [0, 0.05) is 3.57 Å². The van der Waals surface area contributed by atoms with E-state index in [4.69, 9.17) is 13.3 Å². The summed E-state index contributed by atoms with van der Waals surface area (Å²) >= 11 is 6.50. The van der Waals surface area contributed by atoms with Crippen LogP contribution in [0.4, 0.5) is 0 Å². The highest BCUT2D eigenvalue weighted by Gasteiger charge is 2.12. The summed E-state index contributed by atoms with van der Waals surface area (Å²) in [7, 11) is 0. The number of halogens is 3. The lowest BCUT2D eigenvalue weighted by Gasteiger charge is -2.03. The summed E-state index contributed by atoms with van der Waals surface area (Å²) in [6.07, 6.45) is 0. The number of benzene rings is 2. The molecule has 7 heteroatoms. The molecule has 1 heterocycles. The lowest BCUT2D eigenvalue weighted by molar-refractivity contribution is 0.367. The smallest absolute Gasteiger partial charge is 0.448 e. The van der Waals surface area contributed by atoms with Crippen LogP contribution in [0, 0.1) is 10.7 Å². The van der Waals surface area contributed by atoms with Gasteiger partial charge in [-0.15, -0.1) is 0 Å². The highest BCUT2D eigenvalue weighted by atomic mass is 127. The predicted molar refractivity (Wildman–Crippen MR) is 100 cm³/mol. The third kappa shape index (κ3) is 2.71. The molecule has 0 aliphatic carbocycles. The summed E-state index contributed by atoms with van der Waals surface area (Å²) in [6, 6.07) is 8.92. The van der Waals surface area contributed by atoms with Gasteiger partial charge >= 0.3 is 5.82 Å². The average molecular weight is 606 g/mol. The summed E-state index contributed by atoms with van der Waals surface area (Å²) in [4.78, 5) is 11.8. The van der Waals surface area contributed by atoms with Crippen LogP contribution < -0.4 is 5.82 Å². The van der Waals surface area contributed by atoms with Crippen molar-refractivity contribution < 1.29 is 13.3 Å². The van der Waals surface area contributed by atoms with Gasteiger partial charge in [0.25, 0.3) is 0 Å². The van der Waals surface area contributed by atoms with Crippen molar-refractivity contribution in [3.8, 4) is 0 Å². The number of fused-ring (bicyclic) bond motifs is 2. The lowest BCUT2D eigenvalue weighted by Crippen LogP contribution is -1.96. The van der Waals surface area contributed by atoms with Crippen molar-refractivity contribution in [3.05, 3.63) is 51.7 Å². The van der Waals surface area contributed by atoms with Gasteiger partial charge in [-0.1, -0.05) is 12.1 Å². The number of hydrogen-bond donors (Lipinski definition) is 0. The molecule has 20 heavy (non-hydrogen) atoms. The molecule has 0 N–H and O–H groups in total. The summed E-state index contributed by atoms with van der Waals surface area (Å²) in [6.45, 7) is 0. The van der Waals surface area contributed by atoms with E-state index in [0.717, 1.165) is 10.7 Å². The fraction of sp³-hybridized carbons (Fsp3) is 0. The molecule has 0 unspecified atom stereocenters. The molecule has 0 atom stereocenters. The van der Waals surface area contributed by atoms with Crippen molar-refractivity contribution in [2.75, 3.05) is 0 Å². The van der Waals surface area contributed by atoms with Crippen molar-refractivity contribution in [1.29, 1.82) is 0 Å². The van der Waals surface area contributed by atoms with Crippen LogP contribution in [0.5, 0.6) is 0 Å². The Morgan fingerprint density at radius 2 is 1.45 bits per heavy atom.